The lowest BCUT2D eigenvalue weighted by atomic mass is 9.69. The van der Waals surface area contributed by atoms with Gasteiger partial charge in [0.1, 0.15) is 5.82 Å². The number of rotatable bonds is 3. The quantitative estimate of drug-likeness (QED) is 0.230. The Morgan fingerprint density at radius 3 is 2.08 bits per heavy atom. The second-order valence-electron chi connectivity index (χ2n) is 12.8. The van der Waals surface area contributed by atoms with Gasteiger partial charge in [-0.05, 0) is 56.8 Å². The van der Waals surface area contributed by atoms with E-state index in [-0.39, 0.29) is 0 Å². The molecule has 4 nitrogen and oxygen atoms in total. The van der Waals surface area contributed by atoms with Crippen molar-refractivity contribution in [2.45, 2.75) is 96.6 Å². The maximum Gasteiger partial charge on any atom is 0.163 e. The van der Waals surface area contributed by atoms with E-state index in [1.165, 1.54) is 44.9 Å². The van der Waals surface area contributed by atoms with Gasteiger partial charge in [-0.3, -0.25) is 4.90 Å². The number of benzene rings is 2. The van der Waals surface area contributed by atoms with Gasteiger partial charge >= 0.3 is 0 Å². The zero-order valence-corrected chi connectivity index (χ0v) is 25.3. The Hall–Kier alpha value is -1.70. The fraction of sp³-hybridized carbons (Fsp3) is 0.545. The summed E-state index contributed by atoms with van der Waals surface area (Å²) >= 11 is 6.34. The lowest BCUT2D eigenvalue weighted by Gasteiger charge is -2.55. The van der Waals surface area contributed by atoms with E-state index < -0.39 is 0 Å². The maximum atomic E-state index is 6.55. The first-order valence-electron chi connectivity index (χ1n) is 15.3. The summed E-state index contributed by atoms with van der Waals surface area (Å²) in [6.07, 6.45) is 9.96. The summed E-state index contributed by atoms with van der Waals surface area (Å²) in [6, 6.07) is 23.0. The summed E-state index contributed by atoms with van der Waals surface area (Å²) in [5.41, 5.74) is 2.12. The second kappa shape index (κ2) is 10.5. The number of thioether (sulfide) groups is 1. The van der Waals surface area contributed by atoms with Crippen LogP contribution >= 0.6 is 27.7 Å². The molecule has 7 heteroatoms. The average molecular weight is 611 g/mol. The van der Waals surface area contributed by atoms with Crippen molar-refractivity contribution in [3.8, 4) is 22.8 Å². The van der Waals surface area contributed by atoms with E-state index in [2.05, 4.69) is 93.3 Å². The molecule has 2 radical (unpaired) electrons. The number of halogens is 1. The third-order valence-corrected chi connectivity index (χ3v) is 13.1. The molecular formula is C33H36BBrN4S. The van der Waals surface area contributed by atoms with E-state index in [1.54, 1.807) is 0 Å². The van der Waals surface area contributed by atoms with Crippen LogP contribution in [0.3, 0.4) is 0 Å². The molecule has 2 aromatic carbocycles. The molecule has 0 bridgehead atoms. The molecule has 3 saturated carbocycles. The van der Waals surface area contributed by atoms with Crippen LogP contribution in [0, 0.1) is 11.8 Å². The summed E-state index contributed by atoms with van der Waals surface area (Å²) in [6.45, 7) is 0. The molecule has 0 amide bonds. The fourth-order valence-electron chi connectivity index (χ4n) is 8.97. The molecule has 0 N–H and O–H groups in total. The molecule has 2 saturated heterocycles. The number of nitrogens with zero attached hydrogens (tertiary/aromatic N) is 4. The Morgan fingerprint density at radius 1 is 0.700 bits per heavy atom. The predicted octanol–water partition coefficient (Wildman–Crippen LogP) is 7.31. The number of hydrogen-bond donors (Lipinski definition) is 0. The zero-order valence-electron chi connectivity index (χ0n) is 22.9. The van der Waals surface area contributed by atoms with Crippen LogP contribution in [-0.4, -0.2) is 61.2 Å². The molecule has 8 rings (SSSR count). The maximum absolute atomic E-state index is 6.55. The molecule has 3 aromatic rings. The number of aromatic nitrogens is 3. The standard InChI is InChI=1S/C33H36BBrN4S/c34-22-11-13-27-28(17-22)40-29-16-21(15-25-24-18-23(35)12-14-26(24)39(27)30(25)29)33-37-31(19-7-3-1-4-8-19)36-32(38-33)20-9-5-2-6-10-20/h1-10,21-30H,11-18H2. The van der Waals surface area contributed by atoms with Crippen LogP contribution in [0.15, 0.2) is 60.7 Å². The minimum atomic E-state index is 0.358. The van der Waals surface area contributed by atoms with Crippen LogP contribution in [0.1, 0.15) is 63.1 Å². The minimum Gasteiger partial charge on any atom is -0.292 e. The molecular weight excluding hydrogens is 575 g/mol. The highest BCUT2D eigenvalue weighted by molar-refractivity contribution is 9.09. The predicted molar refractivity (Wildman–Crippen MR) is 168 cm³/mol. The van der Waals surface area contributed by atoms with E-state index >= 15 is 0 Å². The summed E-state index contributed by atoms with van der Waals surface area (Å²) in [5, 5.41) is 1.30. The van der Waals surface area contributed by atoms with Gasteiger partial charge in [0, 0.05) is 50.5 Å². The van der Waals surface area contributed by atoms with Crippen LogP contribution in [0.5, 0.6) is 0 Å². The van der Waals surface area contributed by atoms with Gasteiger partial charge in [0.15, 0.2) is 11.6 Å². The van der Waals surface area contributed by atoms with Gasteiger partial charge in [-0.15, -0.1) is 0 Å². The molecule has 3 aliphatic carbocycles. The summed E-state index contributed by atoms with van der Waals surface area (Å²) in [4.78, 5) is 19.1. The van der Waals surface area contributed by atoms with E-state index in [0.29, 0.717) is 33.1 Å². The smallest absolute Gasteiger partial charge is 0.163 e. The molecule has 2 aliphatic heterocycles. The van der Waals surface area contributed by atoms with Gasteiger partial charge in [-0.2, -0.15) is 11.8 Å². The van der Waals surface area contributed by atoms with Crippen molar-refractivity contribution in [1.82, 2.24) is 19.9 Å². The van der Waals surface area contributed by atoms with Gasteiger partial charge in [-0.25, -0.2) is 15.0 Å². The van der Waals surface area contributed by atoms with E-state index in [0.717, 1.165) is 58.9 Å². The van der Waals surface area contributed by atoms with Gasteiger partial charge in [0.05, 0.1) is 7.85 Å². The molecule has 10 atom stereocenters. The average Bonchev–Trinajstić information content (AvgIpc) is 3.32. The first kappa shape index (κ1) is 26.0. The summed E-state index contributed by atoms with van der Waals surface area (Å²) < 4.78 is 0. The summed E-state index contributed by atoms with van der Waals surface area (Å²) in [5.74, 6) is 4.80. The van der Waals surface area contributed by atoms with Gasteiger partial charge in [0.25, 0.3) is 0 Å². The van der Waals surface area contributed by atoms with Crippen molar-refractivity contribution in [2.24, 2.45) is 11.8 Å². The van der Waals surface area contributed by atoms with Crippen LogP contribution < -0.4 is 0 Å². The van der Waals surface area contributed by atoms with E-state index in [4.69, 9.17) is 22.8 Å². The third-order valence-electron chi connectivity index (χ3n) is 10.6. The minimum absolute atomic E-state index is 0.358. The molecule has 5 fully saturated rings. The lowest BCUT2D eigenvalue weighted by Crippen LogP contribution is -2.60. The molecule has 40 heavy (non-hydrogen) atoms. The molecule has 5 aliphatic rings. The monoisotopic (exact) mass is 610 g/mol. The SMILES string of the molecule is [B]C1CCC2C(C1)SC1CC(c3nc(-c4ccccc4)nc(-c4ccccc4)n3)CC3C4CC(Br)CCC4N2C13. The fourth-order valence-corrected chi connectivity index (χ4v) is 11.8. The Balaban J connectivity index is 1.19. The Bertz CT molecular complexity index is 1300. The molecule has 10 unspecified atom stereocenters. The zero-order chi connectivity index (χ0) is 26.8. The first-order valence-corrected chi connectivity index (χ1v) is 17.2. The Kier molecular flexibility index (Phi) is 6.84. The van der Waals surface area contributed by atoms with Crippen LogP contribution in [0.4, 0.5) is 0 Å². The highest BCUT2D eigenvalue weighted by Crippen LogP contribution is 2.60. The van der Waals surface area contributed by atoms with Crippen molar-refractivity contribution in [3.63, 3.8) is 0 Å². The van der Waals surface area contributed by atoms with E-state index in [1.807, 2.05) is 0 Å². The van der Waals surface area contributed by atoms with Crippen LogP contribution in [-0.2, 0) is 0 Å². The first-order chi connectivity index (χ1) is 19.6. The van der Waals surface area contributed by atoms with Crippen molar-refractivity contribution in [2.75, 3.05) is 0 Å². The lowest BCUT2D eigenvalue weighted by molar-refractivity contribution is 0.0607. The van der Waals surface area contributed by atoms with Gasteiger partial charge in [0.2, 0.25) is 0 Å². The molecule has 204 valence electrons. The van der Waals surface area contributed by atoms with E-state index in [9.17, 15) is 0 Å². The molecule has 1 aromatic heterocycles. The Labute approximate surface area is 252 Å². The van der Waals surface area contributed by atoms with Crippen molar-refractivity contribution in [3.05, 3.63) is 66.5 Å². The third kappa shape index (κ3) is 4.50. The van der Waals surface area contributed by atoms with Crippen molar-refractivity contribution >= 4 is 35.5 Å². The number of hydrogen-bond acceptors (Lipinski definition) is 5. The Morgan fingerprint density at radius 2 is 1.38 bits per heavy atom. The van der Waals surface area contributed by atoms with Crippen molar-refractivity contribution < 1.29 is 0 Å². The second-order valence-corrected chi connectivity index (χ2v) is 15.6. The number of alkyl halides is 1. The van der Waals surface area contributed by atoms with Crippen LogP contribution in [0.2, 0.25) is 5.82 Å². The highest BCUT2D eigenvalue weighted by atomic mass is 79.9. The molecule has 0 spiro atoms. The number of fused-ring (bicyclic) bond motifs is 5. The topological polar surface area (TPSA) is 41.9 Å². The normalized spacial score (nSPS) is 38.7. The van der Waals surface area contributed by atoms with Gasteiger partial charge < -0.3 is 0 Å². The highest BCUT2D eigenvalue weighted by Gasteiger charge is 2.61. The summed E-state index contributed by atoms with van der Waals surface area (Å²) in [7, 11) is 6.55. The van der Waals surface area contributed by atoms with Crippen molar-refractivity contribution in [1.29, 1.82) is 0 Å². The largest absolute Gasteiger partial charge is 0.292 e. The van der Waals surface area contributed by atoms with Crippen LogP contribution in [0.25, 0.3) is 22.8 Å². The van der Waals surface area contributed by atoms with Gasteiger partial charge in [-0.1, -0.05) is 88.8 Å². The molecule has 3 heterocycles.